The molecule has 0 saturated heterocycles. The molecule has 25 heavy (non-hydrogen) atoms. The molecule has 1 heterocycles. The smallest absolute Gasteiger partial charge is 0.326 e. The Morgan fingerprint density at radius 1 is 1.28 bits per heavy atom. The summed E-state index contributed by atoms with van der Waals surface area (Å²) in [5.41, 5.74) is 1.39. The lowest BCUT2D eigenvalue weighted by molar-refractivity contribution is -0.141. The van der Waals surface area contributed by atoms with E-state index in [1.165, 1.54) is 18.0 Å². The van der Waals surface area contributed by atoms with Crippen molar-refractivity contribution in [2.75, 3.05) is 0 Å². The van der Waals surface area contributed by atoms with Crippen LogP contribution in [0.2, 0.25) is 0 Å². The zero-order chi connectivity index (χ0) is 17.8. The molecular weight excluding hydrogens is 320 g/mol. The molecule has 1 N–H and O–H groups in total. The minimum absolute atomic E-state index is 0.000419. The van der Waals surface area contributed by atoms with Crippen LogP contribution in [0.15, 0.2) is 48.7 Å². The van der Waals surface area contributed by atoms with Crippen LogP contribution in [0.25, 0.3) is 0 Å². The molecule has 1 atom stereocenters. The van der Waals surface area contributed by atoms with Crippen molar-refractivity contribution in [1.82, 2.24) is 9.88 Å². The van der Waals surface area contributed by atoms with Crippen LogP contribution in [0.3, 0.4) is 0 Å². The molecule has 130 valence electrons. The quantitative estimate of drug-likeness (QED) is 0.838. The largest absolute Gasteiger partial charge is 0.480 e. The van der Waals surface area contributed by atoms with Crippen LogP contribution in [0.4, 0.5) is 0 Å². The van der Waals surface area contributed by atoms with E-state index >= 15 is 0 Å². The number of pyridine rings is 1. The van der Waals surface area contributed by atoms with Crippen LogP contribution in [-0.4, -0.2) is 39.0 Å². The Morgan fingerprint density at radius 3 is 2.64 bits per heavy atom. The van der Waals surface area contributed by atoms with Gasteiger partial charge in [-0.05, 0) is 31.4 Å². The van der Waals surface area contributed by atoms with Gasteiger partial charge in [0, 0.05) is 23.9 Å². The molecule has 0 aliphatic heterocycles. The normalized spacial score (nSPS) is 14.6. The number of amides is 1. The molecular formula is C19H20N2O4. The van der Waals surface area contributed by atoms with Crippen molar-refractivity contribution in [3.05, 3.63) is 59.8 Å². The van der Waals surface area contributed by atoms with E-state index in [0.29, 0.717) is 18.1 Å². The molecule has 0 radical (unpaired) electrons. The Morgan fingerprint density at radius 2 is 2.00 bits per heavy atom. The third-order valence-corrected chi connectivity index (χ3v) is 4.16. The van der Waals surface area contributed by atoms with Gasteiger partial charge >= 0.3 is 5.97 Å². The minimum atomic E-state index is -1.00. The van der Waals surface area contributed by atoms with Crippen molar-refractivity contribution in [3.63, 3.8) is 0 Å². The van der Waals surface area contributed by atoms with E-state index in [2.05, 4.69) is 4.98 Å². The summed E-state index contributed by atoms with van der Waals surface area (Å²) in [5.74, 6) is -0.965. The lowest BCUT2D eigenvalue weighted by Gasteiger charge is -2.26. The number of carboxylic acids is 1. The summed E-state index contributed by atoms with van der Waals surface area (Å²) in [7, 11) is 0. The van der Waals surface area contributed by atoms with Gasteiger partial charge in [-0.25, -0.2) is 9.78 Å². The first-order valence-corrected chi connectivity index (χ1v) is 8.24. The van der Waals surface area contributed by atoms with Crippen LogP contribution in [-0.2, 0) is 11.4 Å². The average molecular weight is 340 g/mol. The summed E-state index contributed by atoms with van der Waals surface area (Å²) < 4.78 is 5.65. The fourth-order valence-corrected chi connectivity index (χ4v) is 2.63. The van der Waals surface area contributed by atoms with E-state index in [4.69, 9.17) is 4.74 Å². The van der Waals surface area contributed by atoms with Crippen molar-refractivity contribution in [1.29, 1.82) is 0 Å². The number of aromatic nitrogens is 1. The highest BCUT2D eigenvalue weighted by Gasteiger charge is 2.38. The predicted molar refractivity (Wildman–Crippen MR) is 91.3 cm³/mol. The summed E-state index contributed by atoms with van der Waals surface area (Å²) in [6.45, 7) is 1.88. The second-order valence-electron chi connectivity index (χ2n) is 6.11. The number of benzene rings is 1. The molecule has 1 aromatic carbocycles. The third-order valence-electron chi connectivity index (χ3n) is 4.16. The van der Waals surface area contributed by atoms with Gasteiger partial charge in [0.25, 0.3) is 5.91 Å². The Balaban J connectivity index is 1.73. The number of rotatable bonds is 7. The van der Waals surface area contributed by atoms with E-state index in [1.54, 1.807) is 12.1 Å². The van der Waals surface area contributed by atoms with Crippen LogP contribution in [0.5, 0.6) is 5.88 Å². The molecule has 6 heteroatoms. The maximum atomic E-state index is 12.8. The lowest BCUT2D eigenvalue weighted by Crippen LogP contribution is -2.44. The molecule has 1 aliphatic rings. The van der Waals surface area contributed by atoms with Gasteiger partial charge in [-0.1, -0.05) is 30.3 Å². The average Bonchev–Trinajstić information content (AvgIpc) is 3.46. The van der Waals surface area contributed by atoms with Crippen molar-refractivity contribution in [2.45, 2.75) is 38.5 Å². The van der Waals surface area contributed by atoms with E-state index in [0.717, 1.165) is 18.4 Å². The molecule has 1 amide bonds. The number of hydrogen-bond donors (Lipinski definition) is 1. The van der Waals surface area contributed by atoms with E-state index < -0.39 is 12.0 Å². The Bertz CT molecular complexity index is 759. The summed E-state index contributed by atoms with van der Waals surface area (Å²) in [4.78, 5) is 29.7. The first kappa shape index (κ1) is 17.0. The van der Waals surface area contributed by atoms with E-state index in [1.807, 2.05) is 30.3 Å². The molecule has 6 nitrogen and oxygen atoms in total. The van der Waals surface area contributed by atoms with Gasteiger partial charge in [0.15, 0.2) is 0 Å². The van der Waals surface area contributed by atoms with Crippen LogP contribution < -0.4 is 4.74 Å². The first-order valence-electron chi connectivity index (χ1n) is 8.24. The molecule has 0 bridgehead atoms. The third kappa shape index (κ3) is 4.15. The Kier molecular flexibility index (Phi) is 4.97. The minimum Gasteiger partial charge on any atom is -0.480 e. The fraction of sp³-hybridized carbons (Fsp3) is 0.316. The van der Waals surface area contributed by atoms with Gasteiger partial charge in [0.1, 0.15) is 12.6 Å². The maximum Gasteiger partial charge on any atom is 0.326 e. The van der Waals surface area contributed by atoms with E-state index in [9.17, 15) is 14.7 Å². The number of carbonyl (C=O) groups is 2. The van der Waals surface area contributed by atoms with Gasteiger partial charge < -0.3 is 14.7 Å². The van der Waals surface area contributed by atoms with Crippen molar-refractivity contribution < 1.29 is 19.4 Å². The molecule has 1 aliphatic carbocycles. The summed E-state index contributed by atoms with van der Waals surface area (Å²) >= 11 is 0. The molecule has 1 aromatic heterocycles. The number of ether oxygens (including phenoxy) is 1. The highest BCUT2D eigenvalue weighted by molar-refractivity contribution is 5.97. The van der Waals surface area contributed by atoms with Crippen LogP contribution >= 0.6 is 0 Å². The number of carbonyl (C=O) groups excluding carboxylic acids is 1. The van der Waals surface area contributed by atoms with Crippen LogP contribution in [0.1, 0.15) is 35.7 Å². The predicted octanol–water partition coefficient (Wildman–Crippen LogP) is 2.74. The maximum absolute atomic E-state index is 12.8. The fourth-order valence-electron chi connectivity index (χ4n) is 2.63. The van der Waals surface area contributed by atoms with Gasteiger partial charge in [-0.3, -0.25) is 4.79 Å². The molecule has 3 rings (SSSR count). The van der Waals surface area contributed by atoms with E-state index in [-0.39, 0.29) is 11.9 Å². The second kappa shape index (κ2) is 7.34. The monoisotopic (exact) mass is 340 g/mol. The Labute approximate surface area is 146 Å². The number of aliphatic carboxylic acids is 1. The molecule has 0 spiro atoms. The van der Waals surface area contributed by atoms with Gasteiger partial charge in [0.05, 0.1) is 0 Å². The summed E-state index contributed by atoms with van der Waals surface area (Å²) in [5, 5.41) is 9.26. The number of nitrogens with zero attached hydrogens (tertiary/aromatic N) is 2. The molecule has 1 fully saturated rings. The summed E-state index contributed by atoms with van der Waals surface area (Å²) in [6.07, 6.45) is 3.18. The summed E-state index contributed by atoms with van der Waals surface area (Å²) in [6, 6.07) is 12.0. The number of carboxylic acid groups (broad SMARTS) is 1. The standard InChI is InChI=1S/C19H20N2O4/c1-13(19(23)24)21(16-7-8-16)18(22)15-9-10-20-17(11-15)25-12-14-5-3-2-4-6-14/h2-6,9-11,13,16H,7-8,12H2,1H3,(H,23,24). The number of hydrogen-bond acceptors (Lipinski definition) is 4. The Hall–Kier alpha value is -2.89. The van der Waals surface area contributed by atoms with Crippen LogP contribution in [0, 0.1) is 0 Å². The second-order valence-corrected chi connectivity index (χ2v) is 6.11. The highest BCUT2D eigenvalue weighted by atomic mass is 16.5. The highest BCUT2D eigenvalue weighted by Crippen LogP contribution is 2.30. The molecule has 1 unspecified atom stereocenters. The van der Waals surface area contributed by atoms with Crippen molar-refractivity contribution >= 4 is 11.9 Å². The first-order chi connectivity index (χ1) is 12.1. The zero-order valence-electron chi connectivity index (χ0n) is 14.0. The zero-order valence-corrected chi connectivity index (χ0v) is 14.0. The topological polar surface area (TPSA) is 79.7 Å². The van der Waals surface area contributed by atoms with Gasteiger partial charge in [0.2, 0.25) is 5.88 Å². The lowest BCUT2D eigenvalue weighted by atomic mass is 10.2. The van der Waals surface area contributed by atoms with Gasteiger partial charge in [-0.2, -0.15) is 0 Å². The molecule has 2 aromatic rings. The van der Waals surface area contributed by atoms with Crippen molar-refractivity contribution in [3.8, 4) is 5.88 Å². The van der Waals surface area contributed by atoms with Gasteiger partial charge in [-0.15, -0.1) is 0 Å². The SMILES string of the molecule is CC(C(=O)O)N(C(=O)c1ccnc(OCc2ccccc2)c1)C1CC1. The molecule has 1 saturated carbocycles. The van der Waals surface area contributed by atoms with Crippen molar-refractivity contribution in [2.24, 2.45) is 0 Å².